The molecule has 3 heteroatoms. The molecule has 0 aliphatic rings. The first kappa shape index (κ1) is 34.7. The summed E-state index contributed by atoms with van der Waals surface area (Å²) in [4.78, 5) is 10.6. The molecule has 14 aromatic rings. The van der Waals surface area contributed by atoms with Crippen LogP contribution in [0.15, 0.2) is 206 Å². The van der Waals surface area contributed by atoms with Crippen LogP contribution in [0.3, 0.4) is 0 Å². The van der Waals surface area contributed by atoms with Crippen molar-refractivity contribution in [3.63, 3.8) is 0 Å². The molecule has 0 fully saturated rings. The fourth-order valence-corrected chi connectivity index (χ4v) is 11.7. The van der Waals surface area contributed by atoms with Crippen molar-refractivity contribution in [3.8, 4) is 45.0 Å². The van der Waals surface area contributed by atoms with Gasteiger partial charge in [-0.25, -0.2) is 9.97 Å². The summed E-state index contributed by atoms with van der Waals surface area (Å²) in [6, 6.07) is 75.8. The molecule has 290 valence electrons. The first-order valence-electron chi connectivity index (χ1n) is 21.6. The Hall–Kier alpha value is -7.98. The summed E-state index contributed by atoms with van der Waals surface area (Å²) in [5.74, 6) is 0.714. The highest BCUT2D eigenvalue weighted by atomic mass is 32.1. The highest BCUT2D eigenvalue weighted by Gasteiger charge is 2.19. The average molecular weight is 815 g/mol. The van der Waals surface area contributed by atoms with Crippen LogP contribution in [0, 0.1) is 0 Å². The smallest absolute Gasteiger partial charge is 0.160 e. The van der Waals surface area contributed by atoms with Crippen molar-refractivity contribution in [2.45, 2.75) is 0 Å². The second-order valence-corrected chi connectivity index (χ2v) is 17.9. The van der Waals surface area contributed by atoms with Gasteiger partial charge in [-0.3, -0.25) is 0 Å². The van der Waals surface area contributed by atoms with Crippen LogP contribution in [-0.2, 0) is 0 Å². The minimum absolute atomic E-state index is 0.714. The fourth-order valence-electron chi connectivity index (χ4n) is 10.5. The van der Waals surface area contributed by atoms with E-state index in [1.54, 1.807) is 0 Å². The molecule has 0 aliphatic heterocycles. The lowest BCUT2D eigenvalue weighted by molar-refractivity contribution is 1.19. The van der Waals surface area contributed by atoms with Gasteiger partial charge in [-0.15, -0.1) is 11.3 Å². The summed E-state index contributed by atoms with van der Waals surface area (Å²) in [6.45, 7) is 0. The highest BCUT2D eigenvalue weighted by Crippen LogP contribution is 2.46. The van der Waals surface area contributed by atoms with Crippen LogP contribution in [0.25, 0.3) is 141 Å². The van der Waals surface area contributed by atoms with Crippen molar-refractivity contribution >= 4 is 107 Å². The number of fused-ring (bicyclic) bond motifs is 6. The van der Waals surface area contributed by atoms with Crippen LogP contribution in [0.4, 0.5) is 0 Å². The van der Waals surface area contributed by atoms with Gasteiger partial charge >= 0.3 is 0 Å². The molecule has 0 radical (unpaired) electrons. The Morgan fingerprint density at radius 1 is 0.270 bits per heavy atom. The maximum absolute atomic E-state index is 5.32. The lowest BCUT2D eigenvalue weighted by atomic mass is 9.86. The summed E-state index contributed by atoms with van der Waals surface area (Å²) in [5.41, 5.74) is 7.35. The summed E-state index contributed by atoms with van der Waals surface area (Å²) in [7, 11) is 0. The van der Waals surface area contributed by atoms with Gasteiger partial charge in [0.25, 0.3) is 0 Å². The van der Waals surface area contributed by atoms with Crippen molar-refractivity contribution in [3.05, 3.63) is 206 Å². The minimum Gasteiger partial charge on any atom is -0.228 e. The zero-order valence-corrected chi connectivity index (χ0v) is 34.7. The molecule has 2 aromatic heterocycles. The summed E-state index contributed by atoms with van der Waals surface area (Å²) in [6.07, 6.45) is 0. The summed E-state index contributed by atoms with van der Waals surface area (Å²) < 4.78 is 2.55. The first-order chi connectivity index (χ1) is 31.2. The third kappa shape index (κ3) is 5.18. The Bertz CT molecular complexity index is 4200. The minimum atomic E-state index is 0.714. The molecule has 2 heterocycles. The van der Waals surface area contributed by atoms with Gasteiger partial charge in [0.15, 0.2) is 5.82 Å². The molecule has 0 atom stereocenters. The number of rotatable bonds is 4. The van der Waals surface area contributed by atoms with Crippen LogP contribution >= 0.6 is 11.3 Å². The largest absolute Gasteiger partial charge is 0.228 e. The van der Waals surface area contributed by atoms with Gasteiger partial charge < -0.3 is 0 Å². The molecule has 0 amide bonds. The van der Waals surface area contributed by atoms with Crippen LogP contribution in [-0.4, -0.2) is 9.97 Å². The van der Waals surface area contributed by atoms with Crippen molar-refractivity contribution in [2.24, 2.45) is 0 Å². The van der Waals surface area contributed by atoms with Crippen molar-refractivity contribution < 1.29 is 0 Å². The molecule has 0 bridgehead atoms. The third-order valence-corrected chi connectivity index (χ3v) is 14.5. The highest BCUT2D eigenvalue weighted by molar-refractivity contribution is 7.25. The van der Waals surface area contributed by atoms with Gasteiger partial charge in [-0.2, -0.15) is 0 Å². The number of benzene rings is 11. The van der Waals surface area contributed by atoms with E-state index in [2.05, 4.69) is 200 Å². The second-order valence-electron chi connectivity index (χ2n) is 16.8. The van der Waals surface area contributed by atoms with Crippen LogP contribution in [0.2, 0.25) is 0 Å². The molecule has 0 saturated heterocycles. The van der Waals surface area contributed by atoms with E-state index in [0.29, 0.717) is 5.82 Å². The zero-order chi connectivity index (χ0) is 41.2. The maximum Gasteiger partial charge on any atom is 0.160 e. The number of thiophene rings is 1. The number of nitrogens with zero attached hydrogens (tertiary/aromatic N) is 2. The van der Waals surface area contributed by atoms with Gasteiger partial charge in [0.1, 0.15) is 0 Å². The molecule has 63 heavy (non-hydrogen) atoms. The molecule has 14 rings (SSSR count). The molecule has 0 unspecified atom stereocenters. The average Bonchev–Trinajstić information content (AvgIpc) is 3.73. The molecule has 0 saturated carbocycles. The lowest BCUT2D eigenvalue weighted by Crippen LogP contribution is -1.96. The molecule has 0 aliphatic carbocycles. The monoisotopic (exact) mass is 814 g/mol. The Morgan fingerprint density at radius 3 is 1.52 bits per heavy atom. The van der Waals surface area contributed by atoms with E-state index in [-0.39, 0.29) is 0 Å². The Labute approximate surface area is 366 Å². The molecular formula is C60H34N2S. The topological polar surface area (TPSA) is 25.8 Å². The predicted molar refractivity (Wildman–Crippen MR) is 270 cm³/mol. The zero-order valence-electron chi connectivity index (χ0n) is 33.9. The molecular weight excluding hydrogens is 781 g/mol. The van der Waals surface area contributed by atoms with Crippen LogP contribution < -0.4 is 0 Å². The van der Waals surface area contributed by atoms with Crippen LogP contribution in [0.5, 0.6) is 0 Å². The predicted octanol–water partition coefficient (Wildman–Crippen LogP) is 17.0. The van der Waals surface area contributed by atoms with Gasteiger partial charge in [0, 0.05) is 36.9 Å². The normalized spacial score (nSPS) is 12.1. The van der Waals surface area contributed by atoms with Crippen molar-refractivity contribution in [2.75, 3.05) is 0 Å². The SMILES string of the molecule is c1ccc(-c2nc(-c3ccc4c(c3)sc3ccccc34)cc(-c3ccc(-c4cc5ccc6cccc7c8cccc9ccc%10cccc(c(c4)c5c67)c%10c98)c4ccccc34)n2)cc1. The van der Waals surface area contributed by atoms with E-state index in [4.69, 9.17) is 9.97 Å². The first-order valence-corrected chi connectivity index (χ1v) is 22.4. The van der Waals surface area contributed by atoms with Crippen molar-refractivity contribution in [1.29, 1.82) is 0 Å². The number of aromatic nitrogens is 2. The fraction of sp³-hybridized carbons (Fsp3) is 0. The van der Waals surface area contributed by atoms with E-state index >= 15 is 0 Å². The summed E-state index contributed by atoms with van der Waals surface area (Å²) >= 11 is 1.83. The molecule has 0 spiro atoms. The molecule has 0 N–H and O–H groups in total. The van der Waals surface area contributed by atoms with E-state index < -0.39 is 0 Å². The molecule has 12 aromatic carbocycles. The Morgan fingerprint density at radius 2 is 0.810 bits per heavy atom. The Kier molecular flexibility index (Phi) is 7.30. The Balaban J connectivity index is 1.02. The summed E-state index contributed by atoms with van der Waals surface area (Å²) in [5, 5.41) is 20.3. The van der Waals surface area contributed by atoms with Crippen molar-refractivity contribution in [1.82, 2.24) is 9.97 Å². The quantitative estimate of drug-likeness (QED) is 0.165. The van der Waals surface area contributed by atoms with Gasteiger partial charge in [-0.05, 0) is 117 Å². The third-order valence-electron chi connectivity index (χ3n) is 13.4. The van der Waals surface area contributed by atoms with Gasteiger partial charge in [0.2, 0.25) is 0 Å². The maximum atomic E-state index is 5.32. The van der Waals surface area contributed by atoms with Gasteiger partial charge in [-0.1, -0.05) is 176 Å². The second kappa shape index (κ2) is 13.3. The van der Waals surface area contributed by atoms with E-state index in [1.165, 1.54) is 101 Å². The molecule has 2 nitrogen and oxygen atoms in total. The number of hydrogen-bond acceptors (Lipinski definition) is 3. The van der Waals surface area contributed by atoms with Crippen LogP contribution in [0.1, 0.15) is 0 Å². The van der Waals surface area contributed by atoms with E-state index in [9.17, 15) is 0 Å². The van der Waals surface area contributed by atoms with Gasteiger partial charge in [0.05, 0.1) is 11.4 Å². The number of hydrogen-bond donors (Lipinski definition) is 0. The standard InChI is InChI=1S/C60H34N2S/c1-2-11-38(12-3-1)60-61-52(39-27-28-47-46-18-6-7-22-54(46)63-55(47)33-39)34-53(62-60)45-30-29-42(43-16-4-5-17-44(43)45)41-31-40-26-25-37-14-9-20-49-48-19-8-13-35-23-24-36-15-10-21-50(58(36)56(35)48)51(32-41)59(40)57(37)49/h1-34H. The van der Waals surface area contributed by atoms with E-state index in [0.717, 1.165) is 33.5 Å². The van der Waals surface area contributed by atoms with E-state index in [1.807, 2.05) is 17.4 Å². The lowest BCUT2D eigenvalue weighted by Gasteiger charge is -2.18.